The van der Waals surface area contributed by atoms with Crippen LogP contribution < -0.4 is 0 Å². The van der Waals surface area contributed by atoms with Crippen LogP contribution >= 0.6 is 7.60 Å². The summed E-state index contributed by atoms with van der Waals surface area (Å²) in [5, 5.41) is 0. The van der Waals surface area contributed by atoms with E-state index >= 15 is 0 Å². The summed E-state index contributed by atoms with van der Waals surface area (Å²) in [6.07, 6.45) is 1.78. The molecule has 0 aromatic carbocycles. The first-order chi connectivity index (χ1) is 7.36. The fourth-order valence-electron chi connectivity index (χ4n) is 1.58. The predicted octanol–water partition coefficient (Wildman–Crippen LogP) is 1.97. The lowest BCUT2D eigenvalue weighted by Crippen LogP contribution is -2.34. The van der Waals surface area contributed by atoms with Gasteiger partial charge in [0.2, 0.25) is 0 Å². The van der Waals surface area contributed by atoms with Crippen LogP contribution in [0.4, 0.5) is 0 Å². The van der Waals surface area contributed by atoms with Gasteiger partial charge in [0.25, 0.3) is 0 Å². The molecule has 0 aliphatic carbocycles. The largest absolute Gasteiger partial charge is 0.341 e. The highest BCUT2D eigenvalue weighted by Gasteiger charge is 2.24. The molecule has 0 radical (unpaired) electrons. The average molecular weight is 250 g/mol. The molecule has 16 heavy (non-hydrogen) atoms. The average Bonchev–Trinajstić information content (AvgIpc) is 2.24. The molecule has 6 heteroatoms. The molecule has 0 aromatic rings. The van der Waals surface area contributed by atoms with Gasteiger partial charge in [0.05, 0.1) is 0 Å². The van der Waals surface area contributed by atoms with Gasteiger partial charge in [-0.25, -0.2) is 0 Å². The Balaban J connectivity index is 4.36. The highest BCUT2D eigenvalue weighted by Crippen LogP contribution is 2.41. The van der Waals surface area contributed by atoms with Gasteiger partial charge in [-0.1, -0.05) is 6.92 Å². The van der Waals surface area contributed by atoms with Gasteiger partial charge in [-0.3, -0.25) is 14.5 Å². The molecule has 0 saturated carbocycles. The van der Waals surface area contributed by atoms with Crippen LogP contribution in [0, 0.1) is 0 Å². The van der Waals surface area contributed by atoms with E-state index in [1.807, 2.05) is 25.8 Å². The zero-order valence-electron chi connectivity index (χ0n) is 10.6. The van der Waals surface area contributed by atoms with Crippen molar-refractivity contribution in [2.75, 3.05) is 20.4 Å². The summed E-state index contributed by atoms with van der Waals surface area (Å²) in [7, 11) is -0.390. The standard InChI is InChI=1S/C10H23N2O3P/c1-6-10(7-9(2)11-3)12(4)8-16(13,14)15-5/h9-10H,3,6-8H2,1-2,4-5H3,(H,13,14). The van der Waals surface area contributed by atoms with Crippen LogP contribution in [0.1, 0.15) is 26.7 Å². The van der Waals surface area contributed by atoms with Crippen molar-refractivity contribution < 1.29 is 14.0 Å². The highest BCUT2D eigenvalue weighted by atomic mass is 31.2. The molecule has 3 unspecified atom stereocenters. The zero-order valence-corrected chi connectivity index (χ0v) is 11.5. The van der Waals surface area contributed by atoms with E-state index in [4.69, 9.17) is 0 Å². The SMILES string of the molecule is C=NC(C)CC(CC)N(C)CP(=O)(O)OC. The van der Waals surface area contributed by atoms with Crippen molar-refractivity contribution in [1.29, 1.82) is 0 Å². The lowest BCUT2D eigenvalue weighted by atomic mass is 10.1. The van der Waals surface area contributed by atoms with E-state index in [1.165, 1.54) is 7.11 Å². The first kappa shape index (κ1) is 15.8. The molecule has 0 amide bonds. The molecule has 5 nitrogen and oxygen atoms in total. The second-order valence-corrected chi connectivity index (χ2v) is 5.97. The summed E-state index contributed by atoms with van der Waals surface area (Å²) < 4.78 is 16.0. The summed E-state index contributed by atoms with van der Waals surface area (Å²) in [4.78, 5) is 15.2. The Kier molecular flexibility index (Phi) is 7.07. The van der Waals surface area contributed by atoms with Gasteiger partial charge in [-0.15, -0.1) is 0 Å². The van der Waals surface area contributed by atoms with Crippen molar-refractivity contribution in [3.05, 3.63) is 0 Å². The van der Waals surface area contributed by atoms with Crippen molar-refractivity contribution in [3.63, 3.8) is 0 Å². The maximum atomic E-state index is 11.4. The third kappa shape index (κ3) is 5.75. The zero-order chi connectivity index (χ0) is 12.8. The second-order valence-electron chi connectivity index (χ2n) is 4.05. The third-order valence-electron chi connectivity index (χ3n) is 2.71. The Morgan fingerprint density at radius 2 is 2.19 bits per heavy atom. The Labute approximate surface area is 98.0 Å². The van der Waals surface area contributed by atoms with Gasteiger partial charge >= 0.3 is 7.60 Å². The fraction of sp³-hybridized carbons (Fsp3) is 0.900. The summed E-state index contributed by atoms with van der Waals surface area (Å²) in [5.74, 6) is 0. The van der Waals surface area contributed by atoms with E-state index in [9.17, 15) is 9.46 Å². The summed E-state index contributed by atoms with van der Waals surface area (Å²) >= 11 is 0. The number of nitrogens with zero attached hydrogens (tertiary/aromatic N) is 2. The molecule has 0 aliphatic heterocycles. The van der Waals surface area contributed by atoms with E-state index in [1.54, 1.807) is 0 Å². The lowest BCUT2D eigenvalue weighted by Gasteiger charge is -2.29. The molecule has 0 fully saturated rings. The van der Waals surface area contributed by atoms with E-state index in [-0.39, 0.29) is 18.4 Å². The van der Waals surface area contributed by atoms with Crippen molar-refractivity contribution in [3.8, 4) is 0 Å². The minimum absolute atomic E-state index is 0.0475. The molecule has 0 heterocycles. The van der Waals surface area contributed by atoms with Crippen LogP contribution in [0.5, 0.6) is 0 Å². The minimum Gasteiger partial charge on any atom is -0.323 e. The van der Waals surface area contributed by atoms with E-state index < -0.39 is 7.60 Å². The molecule has 0 rings (SSSR count). The van der Waals surface area contributed by atoms with Crippen LogP contribution in [0.2, 0.25) is 0 Å². The number of hydrogen-bond acceptors (Lipinski definition) is 4. The van der Waals surface area contributed by atoms with Crippen LogP contribution in [-0.2, 0) is 9.09 Å². The molecular formula is C10H23N2O3P. The molecule has 3 atom stereocenters. The van der Waals surface area contributed by atoms with Gasteiger partial charge in [-0.2, -0.15) is 0 Å². The smallest absolute Gasteiger partial charge is 0.323 e. The minimum atomic E-state index is -3.47. The van der Waals surface area contributed by atoms with Gasteiger partial charge < -0.3 is 9.42 Å². The van der Waals surface area contributed by atoms with Crippen molar-refractivity contribution in [2.24, 2.45) is 4.99 Å². The van der Waals surface area contributed by atoms with E-state index in [0.29, 0.717) is 0 Å². The second kappa shape index (κ2) is 7.17. The van der Waals surface area contributed by atoms with Crippen LogP contribution in [0.15, 0.2) is 4.99 Å². The number of rotatable bonds is 8. The van der Waals surface area contributed by atoms with E-state index in [2.05, 4.69) is 16.2 Å². The highest BCUT2D eigenvalue weighted by molar-refractivity contribution is 7.52. The fourth-order valence-corrected chi connectivity index (χ4v) is 2.49. The quantitative estimate of drug-likeness (QED) is 0.528. The topological polar surface area (TPSA) is 62.1 Å². The molecule has 0 aliphatic rings. The molecule has 0 spiro atoms. The Bertz CT molecular complexity index is 260. The number of aliphatic imine (C=N–C) groups is 1. The maximum Gasteiger partial charge on any atom is 0.341 e. The van der Waals surface area contributed by atoms with Gasteiger partial charge in [0.15, 0.2) is 0 Å². The monoisotopic (exact) mass is 250 g/mol. The normalized spacial score (nSPS) is 19.1. The first-order valence-electron chi connectivity index (χ1n) is 5.39. The van der Waals surface area contributed by atoms with Crippen molar-refractivity contribution in [2.45, 2.75) is 38.8 Å². The molecule has 1 N–H and O–H groups in total. The maximum absolute atomic E-state index is 11.4. The molecule has 96 valence electrons. The predicted molar refractivity (Wildman–Crippen MR) is 67.2 cm³/mol. The van der Waals surface area contributed by atoms with Crippen molar-refractivity contribution >= 4 is 14.3 Å². The van der Waals surface area contributed by atoms with Gasteiger partial charge in [0, 0.05) is 19.2 Å². The molecule has 0 saturated heterocycles. The van der Waals surface area contributed by atoms with Gasteiger partial charge in [-0.05, 0) is 33.5 Å². The van der Waals surface area contributed by atoms with Crippen LogP contribution in [0.3, 0.4) is 0 Å². The van der Waals surface area contributed by atoms with Crippen molar-refractivity contribution in [1.82, 2.24) is 4.90 Å². The summed E-state index contributed by atoms with van der Waals surface area (Å²) in [6.45, 7) is 7.53. The molecule has 0 aromatic heterocycles. The Morgan fingerprint density at radius 1 is 1.62 bits per heavy atom. The first-order valence-corrected chi connectivity index (χ1v) is 7.16. The van der Waals surface area contributed by atoms with Gasteiger partial charge in [0.1, 0.15) is 6.29 Å². The third-order valence-corrected chi connectivity index (χ3v) is 4.08. The van der Waals surface area contributed by atoms with E-state index in [0.717, 1.165) is 12.8 Å². The number of hydrogen-bond donors (Lipinski definition) is 1. The molecular weight excluding hydrogens is 227 g/mol. The lowest BCUT2D eigenvalue weighted by molar-refractivity contribution is 0.218. The van der Waals surface area contributed by atoms with Crippen LogP contribution in [-0.4, -0.2) is 49.0 Å². The molecule has 0 bridgehead atoms. The summed E-state index contributed by atoms with van der Waals surface area (Å²) in [5.41, 5.74) is 0. The summed E-state index contributed by atoms with van der Waals surface area (Å²) in [6, 6.07) is 0.379. The Hall–Kier alpha value is -0.220. The van der Waals surface area contributed by atoms with Crippen LogP contribution in [0.25, 0.3) is 0 Å². The Morgan fingerprint density at radius 3 is 2.56 bits per heavy atom.